The first kappa shape index (κ1) is 21.3. The lowest BCUT2D eigenvalue weighted by atomic mass is 10.2. The van der Waals surface area contributed by atoms with Crippen LogP contribution in [0.15, 0.2) is 59.8 Å². The van der Waals surface area contributed by atoms with Crippen LogP contribution in [-0.2, 0) is 16.6 Å². The molecule has 0 unspecified atom stereocenters. The Kier molecular flexibility index (Phi) is 5.52. The second-order valence-corrected chi connectivity index (χ2v) is 8.62. The molecule has 2 aromatic carbocycles. The highest BCUT2D eigenvalue weighted by molar-refractivity contribution is 7.89. The Morgan fingerprint density at radius 2 is 1.91 bits per heavy atom. The Balaban J connectivity index is 1.62. The molecule has 0 amide bonds. The number of anilines is 4. The number of nitrogens with zero attached hydrogens (tertiary/aromatic N) is 3. The first-order valence-electron chi connectivity index (χ1n) is 9.47. The van der Waals surface area contributed by atoms with Crippen molar-refractivity contribution in [2.45, 2.75) is 18.4 Å². The van der Waals surface area contributed by atoms with Gasteiger partial charge >= 0.3 is 0 Å². The number of aromatic nitrogens is 3. The lowest BCUT2D eigenvalue weighted by molar-refractivity contribution is 0.597. The molecule has 0 bridgehead atoms. The van der Waals surface area contributed by atoms with E-state index in [1.54, 1.807) is 25.1 Å². The van der Waals surface area contributed by atoms with Gasteiger partial charge in [0.15, 0.2) is 11.6 Å². The van der Waals surface area contributed by atoms with Crippen LogP contribution >= 0.6 is 0 Å². The molecule has 0 spiro atoms. The summed E-state index contributed by atoms with van der Waals surface area (Å²) in [5.41, 5.74) is 2.41. The zero-order chi connectivity index (χ0) is 22.9. The lowest BCUT2D eigenvalue weighted by Crippen LogP contribution is -2.14. The monoisotopic (exact) mass is 450 g/mol. The van der Waals surface area contributed by atoms with Gasteiger partial charge < -0.3 is 15.2 Å². The van der Waals surface area contributed by atoms with Crippen molar-refractivity contribution < 1.29 is 12.8 Å². The topological polar surface area (TPSA) is 115 Å². The molecule has 162 valence electrons. The molecule has 0 aliphatic rings. The van der Waals surface area contributed by atoms with E-state index in [1.165, 1.54) is 6.07 Å². The van der Waals surface area contributed by atoms with Gasteiger partial charge in [-0.2, -0.15) is 4.98 Å². The first-order valence-corrected chi connectivity index (χ1v) is 11.0. The number of fused-ring (bicyclic) bond motifs is 1. The number of nitrogens with two attached hydrogens (primary N) is 1. The van der Waals surface area contributed by atoms with Crippen molar-refractivity contribution in [3.8, 4) is 12.3 Å². The molecule has 0 aliphatic carbocycles. The van der Waals surface area contributed by atoms with Crippen LogP contribution in [0.2, 0.25) is 0 Å². The third-order valence-electron chi connectivity index (χ3n) is 4.79. The van der Waals surface area contributed by atoms with Gasteiger partial charge in [-0.3, -0.25) is 0 Å². The van der Waals surface area contributed by atoms with E-state index in [1.807, 2.05) is 29.0 Å². The predicted octanol–water partition coefficient (Wildman–Crippen LogP) is 3.65. The number of hydrogen-bond donors (Lipinski definition) is 3. The number of rotatable bonds is 6. The van der Waals surface area contributed by atoms with Crippen LogP contribution in [0.3, 0.4) is 0 Å². The van der Waals surface area contributed by atoms with E-state index < -0.39 is 15.8 Å². The summed E-state index contributed by atoms with van der Waals surface area (Å²) in [6.07, 6.45) is 8.32. The highest BCUT2D eigenvalue weighted by Gasteiger charge is 2.14. The molecular weight excluding hydrogens is 431 g/mol. The molecule has 4 N–H and O–H groups in total. The van der Waals surface area contributed by atoms with Gasteiger partial charge in [-0.05, 0) is 48.2 Å². The number of benzene rings is 2. The second-order valence-electron chi connectivity index (χ2n) is 7.09. The Hall–Kier alpha value is -3.94. The fourth-order valence-electron chi connectivity index (χ4n) is 3.26. The van der Waals surface area contributed by atoms with Gasteiger partial charge in [0.2, 0.25) is 16.0 Å². The summed E-state index contributed by atoms with van der Waals surface area (Å²) in [5, 5.41) is 12.1. The molecule has 0 fully saturated rings. The highest BCUT2D eigenvalue weighted by Crippen LogP contribution is 2.26. The van der Waals surface area contributed by atoms with Gasteiger partial charge in [-0.25, -0.2) is 22.9 Å². The van der Waals surface area contributed by atoms with Gasteiger partial charge in [0, 0.05) is 17.6 Å². The van der Waals surface area contributed by atoms with Crippen LogP contribution in [0.4, 0.5) is 27.5 Å². The van der Waals surface area contributed by atoms with Crippen LogP contribution in [0.5, 0.6) is 0 Å². The molecule has 0 saturated carbocycles. The lowest BCUT2D eigenvalue weighted by Gasteiger charge is -2.11. The molecule has 4 aromatic rings. The summed E-state index contributed by atoms with van der Waals surface area (Å²) in [6, 6.07) is 12.1. The molecule has 10 heteroatoms. The van der Waals surface area contributed by atoms with Crippen molar-refractivity contribution in [1.29, 1.82) is 0 Å². The average molecular weight is 450 g/mol. The largest absolute Gasteiger partial charge is 0.338 e. The summed E-state index contributed by atoms with van der Waals surface area (Å²) in [5.74, 6) is 1.98. The highest BCUT2D eigenvalue weighted by atomic mass is 32.2. The fraction of sp³-hybridized carbons (Fsp3) is 0.0909. The number of sulfonamides is 1. The van der Waals surface area contributed by atoms with Crippen LogP contribution < -0.4 is 15.8 Å². The van der Waals surface area contributed by atoms with E-state index in [2.05, 4.69) is 26.5 Å². The minimum absolute atomic E-state index is 0.0220. The number of aryl methyl sites for hydroxylation is 1. The summed E-state index contributed by atoms with van der Waals surface area (Å²) in [7, 11) is -3.89. The van der Waals surface area contributed by atoms with E-state index in [0.717, 1.165) is 17.1 Å². The molecule has 0 aliphatic heterocycles. The van der Waals surface area contributed by atoms with Crippen molar-refractivity contribution >= 4 is 44.1 Å². The van der Waals surface area contributed by atoms with E-state index in [9.17, 15) is 12.8 Å². The smallest absolute Gasteiger partial charge is 0.238 e. The van der Waals surface area contributed by atoms with Crippen molar-refractivity contribution in [3.63, 3.8) is 0 Å². The van der Waals surface area contributed by atoms with Gasteiger partial charge in [0.25, 0.3) is 0 Å². The van der Waals surface area contributed by atoms with Gasteiger partial charge in [-0.15, -0.1) is 6.42 Å². The molecule has 4 rings (SSSR count). The van der Waals surface area contributed by atoms with Crippen molar-refractivity contribution in [3.05, 3.63) is 66.2 Å². The summed E-state index contributed by atoms with van der Waals surface area (Å²) in [4.78, 5) is 8.08. The molecule has 0 atom stereocenters. The summed E-state index contributed by atoms with van der Waals surface area (Å²) in [6.45, 7) is 2.05. The van der Waals surface area contributed by atoms with Gasteiger partial charge in [-0.1, -0.05) is 18.1 Å². The Labute approximate surface area is 184 Å². The Morgan fingerprint density at radius 3 is 2.66 bits per heavy atom. The molecule has 2 heterocycles. The van der Waals surface area contributed by atoms with E-state index in [-0.39, 0.29) is 16.7 Å². The number of terminal acetylenes is 1. The quantitative estimate of drug-likeness (QED) is 0.386. The number of primary sulfonamides is 1. The molecule has 32 heavy (non-hydrogen) atoms. The maximum atomic E-state index is 14.4. The molecule has 0 saturated heterocycles. The van der Waals surface area contributed by atoms with E-state index >= 15 is 0 Å². The Morgan fingerprint density at radius 1 is 1.16 bits per heavy atom. The van der Waals surface area contributed by atoms with Crippen molar-refractivity contribution in [1.82, 2.24) is 14.5 Å². The third-order valence-corrected chi connectivity index (χ3v) is 5.85. The zero-order valence-electron chi connectivity index (χ0n) is 17.0. The third kappa shape index (κ3) is 4.39. The molecule has 0 radical (unpaired) electrons. The van der Waals surface area contributed by atoms with Gasteiger partial charge in [0.05, 0.1) is 23.2 Å². The second kappa shape index (κ2) is 8.30. The number of halogens is 1. The van der Waals surface area contributed by atoms with Crippen LogP contribution in [0, 0.1) is 25.1 Å². The normalized spacial score (nSPS) is 11.3. The standard InChI is InChI=1S/C22H19FN6O2S/c1-3-9-29-10-8-15-5-7-16(11-19(15)29)26-21-18(23)13-25-22(28-21)27-17-6-4-14(2)20(12-17)32(24,30)31/h1,4-8,10-13H,9H2,2H3,(H2,24,30,31)(H2,25,26,27,28). The van der Waals surface area contributed by atoms with Crippen LogP contribution in [0.25, 0.3) is 10.9 Å². The predicted molar refractivity (Wildman–Crippen MR) is 122 cm³/mol. The average Bonchev–Trinajstić information content (AvgIpc) is 3.13. The van der Waals surface area contributed by atoms with Crippen molar-refractivity contribution in [2.24, 2.45) is 5.14 Å². The van der Waals surface area contributed by atoms with E-state index in [0.29, 0.717) is 23.5 Å². The van der Waals surface area contributed by atoms with Crippen LogP contribution in [0.1, 0.15) is 5.56 Å². The van der Waals surface area contributed by atoms with Crippen molar-refractivity contribution in [2.75, 3.05) is 10.6 Å². The summed E-state index contributed by atoms with van der Waals surface area (Å²) < 4.78 is 39.8. The number of hydrogen-bond acceptors (Lipinski definition) is 6. The minimum atomic E-state index is -3.89. The summed E-state index contributed by atoms with van der Waals surface area (Å²) >= 11 is 0. The molecule has 8 nitrogen and oxygen atoms in total. The fourth-order valence-corrected chi connectivity index (χ4v) is 4.07. The number of nitrogens with one attached hydrogen (secondary N) is 2. The maximum Gasteiger partial charge on any atom is 0.238 e. The van der Waals surface area contributed by atoms with E-state index in [4.69, 9.17) is 11.6 Å². The molecular formula is C22H19FN6O2S. The SMILES string of the molecule is C#CCn1ccc2ccc(Nc3nc(Nc4ccc(C)c(S(N)(=O)=O)c4)ncc3F)cc21. The zero-order valence-corrected chi connectivity index (χ0v) is 17.8. The Bertz CT molecular complexity index is 1470. The maximum absolute atomic E-state index is 14.4. The molecule has 2 aromatic heterocycles. The van der Waals surface area contributed by atoms with Crippen LogP contribution in [-0.4, -0.2) is 23.0 Å². The van der Waals surface area contributed by atoms with Gasteiger partial charge in [0.1, 0.15) is 0 Å². The minimum Gasteiger partial charge on any atom is -0.338 e. The first-order chi connectivity index (χ1) is 15.2.